The van der Waals surface area contributed by atoms with E-state index in [0.717, 1.165) is 57.8 Å². The molecule has 0 saturated heterocycles. The number of aliphatic hydroxyl groups is 3. The lowest BCUT2D eigenvalue weighted by Gasteiger charge is -2.31. The first kappa shape index (κ1) is 57.3. The molecule has 59 heavy (non-hydrogen) atoms. The van der Waals surface area contributed by atoms with Crippen LogP contribution in [0.1, 0.15) is 265 Å². The average molecular weight is 841 g/mol. The number of esters is 3. The van der Waals surface area contributed by atoms with Crippen LogP contribution in [0.5, 0.6) is 0 Å². The molecule has 0 fully saturated rings. The molecule has 0 spiro atoms. The van der Waals surface area contributed by atoms with Gasteiger partial charge in [0.2, 0.25) is 0 Å². The Morgan fingerprint density at radius 3 is 0.966 bits per heavy atom. The molecule has 0 radical (unpaired) electrons. The van der Waals surface area contributed by atoms with Crippen molar-refractivity contribution in [2.75, 3.05) is 13.2 Å². The Bertz CT molecular complexity index is 928. The van der Waals surface area contributed by atoms with Crippen LogP contribution in [0.4, 0.5) is 0 Å². The molecule has 0 unspecified atom stereocenters. The van der Waals surface area contributed by atoms with Crippen molar-refractivity contribution in [1.82, 2.24) is 0 Å². The summed E-state index contributed by atoms with van der Waals surface area (Å²) in [5, 5.41) is 31.1. The second-order valence-corrected chi connectivity index (χ2v) is 17.5. The van der Waals surface area contributed by atoms with Gasteiger partial charge in [-0.1, -0.05) is 226 Å². The Balaban J connectivity index is 5.03. The van der Waals surface area contributed by atoms with Crippen LogP contribution in [0, 0.1) is 0 Å². The van der Waals surface area contributed by atoms with Crippen molar-refractivity contribution in [2.45, 2.75) is 289 Å². The van der Waals surface area contributed by atoms with Crippen LogP contribution < -0.4 is 0 Å². The minimum Gasteiger partial charge on any atom is -0.462 e. The number of ether oxygens (including phenoxy) is 3. The number of carbonyl (C=O) groups excluding carboxylic acids is 3. The van der Waals surface area contributed by atoms with E-state index in [9.17, 15) is 29.7 Å². The molecule has 9 nitrogen and oxygen atoms in total. The number of rotatable bonds is 46. The van der Waals surface area contributed by atoms with Crippen molar-refractivity contribution in [3.8, 4) is 0 Å². The molecule has 0 aromatic heterocycles. The van der Waals surface area contributed by atoms with Crippen LogP contribution in [0.2, 0.25) is 0 Å². The third-order valence-corrected chi connectivity index (χ3v) is 11.7. The Labute approximate surface area is 363 Å². The standard InChI is InChI=1S/C50H96O9/c1-4-7-10-13-16-19-21-23-25-28-31-34-37-40-47(54)58-45(43-57-46(53)39-36-33-30-27-18-15-12-9-6-3)50(49(56)44(52)42-51)59-48(55)41-38-35-32-29-26-24-22-20-17-14-11-8-5-2/h44-45,49-52,56H,4-43H2,1-3H3/t44-,45+,49-,50-/m1/s1. The summed E-state index contributed by atoms with van der Waals surface area (Å²) in [6.07, 6.45) is 34.9. The van der Waals surface area contributed by atoms with Crippen molar-refractivity contribution in [1.29, 1.82) is 0 Å². The van der Waals surface area contributed by atoms with Gasteiger partial charge in [0, 0.05) is 19.3 Å². The molecule has 0 heterocycles. The summed E-state index contributed by atoms with van der Waals surface area (Å²) in [6, 6.07) is 0. The van der Waals surface area contributed by atoms with Crippen LogP contribution >= 0.6 is 0 Å². The summed E-state index contributed by atoms with van der Waals surface area (Å²) in [5.74, 6) is -1.60. The maximum atomic E-state index is 13.1. The molecule has 0 aliphatic rings. The first-order valence-corrected chi connectivity index (χ1v) is 25.3. The third kappa shape index (κ3) is 37.8. The predicted molar refractivity (Wildman–Crippen MR) is 242 cm³/mol. The topological polar surface area (TPSA) is 140 Å². The van der Waals surface area contributed by atoms with E-state index in [1.54, 1.807) is 0 Å². The Morgan fingerprint density at radius 1 is 0.390 bits per heavy atom. The van der Waals surface area contributed by atoms with Gasteiger partial charge in [-0.2, -0.15) is 0 Å². The molecule has 0 aromatic rings. The van der Waals surface area contributed by atoms with Gasteiger partial charge in [0.1, 0.15) is 18.8 Å². The lowest BCUT2D eigenvalue weighted by atomic mass is 10.0. The van der Waals surface area contributed by atoms with Crippen LogP contribution in [-0.4, -0.2) is 70.9 Å². The van der Waals surface area contributed by atoms with Crippen LogP contribution in [0.15, 0.2) is 0 Å². The highest BCUT2D eigenvalue weighted by Crippen LogP contribution is 2.20. The fourth-order valence-corrected chi connectivity index (χ4v) is 7.73. The molecular weight excluding hydrogens is 745 g/mol. The van der Waals surface area contributed by atoms with Gasteiger partial charge in [-0.05, 0) is 19.3 Å². The minimum atomic E-state index is -1.75. The lowest BCUT2D eigenvalue weighted by molar-refractivity contribution is -0.193. The zero-order valence-electron chi connectivity index (χ0n) is 38.9. The van der Waals surface area contributed by atoms with Gasteiger partial charge in [-0.15, -0.1) is 0 Å². The quantitative estimate of drug-likeness (QED) is 0.0310. The Hall–Kier alpha value is -1.71. The maximum absolute atomic E-state index is 13.1. The van der Waals surface area contributed by atoms with Crippen molar-refractivity contribution in [3.63, 3.8) is 0 Å². The molecule has 0 aromatic carbocycles. The second kappa shape index (κ2) is 44.3. The second-order valence-electron chi connectivity index (χ2n) is 17.5. The van der Waals surface area contributed by atoms with Gasteiger partial charge in [0.25, 0.3) is 0 Å². The summed E-state index contributed by atoms with van der Waals surface area (Å²) < 4.78 is 17.0. The SMILES string of the molecule is CCCCCCCCCCCCCCCC(=O)O[C@@H]([C@H](O)[C@H](O)CO)[C@H](COC(=O)CCCCCCCCCCC)OC(=O)CCCCCCCCCCCCCCC. The average Bonchev–Trinajstić information content (AvgIpc) is 3.23. The highest BCUT2D eigenvalue weighted by atomic mass is 16.6. The van der Waals surface area contributed by atoms with Gasteiger partial charge in [0.15, 0.2) is 12.2 Å². The van der Waals surface area contributed by atoms with Crippen molar-refractivity contribution < 1.29 is 43.9 Å². The summed E-state index contributed by atoms with van der Waals surface area (Å²) in [7, 11) is 0. The highest BCUT2D eigenvalue weighted by Gasteiger charge is 2.39. The zero-order chi connectivity index (χ0) is 43.4. The van der Waals surface area contributed by atoms with Gasteiger partial charge in [0.05, 0.1) is 6.61 Å². The maximum Gasteiger partial charge on any atom is 0.306 e. The molecule has 0 rings (SSSR count). The Morgan fingerprint density at radius 2 is 0.661 bits per heavy atom. The smallest absolute Gasteiger partial charge is 0.306 e. The molecule has 3 N–H and O–H groups in total. The number of hydrogen-bond donors (Lipinski definition) is 3. The van der Waals surface area contributed by atoms with Crippen LogP contribution in [0.3, 0.4) is 0 Å². The van der Waals surface area contributed by atoms with E-state index in [-0.39, 0.29) is 19.3 Å². The molecular formula is C50H96O9. The van der Waals surface area contributed by atoms with Gasteiger partial charge < -0.3 is 29.5 Å². The van der Waals surface area contributed by atoms with E-state index in [0.29, 0.717) is 19.3 Å². The lowest BCUT2D eigenvalue weighted by Crippen LogP contribution is -2.51. The molecule has 0 aliphatic heterocycles. The normalized spacial score (nSPS) is 13.5. The van der Waals surface area contributed by atoms with Crippen molar-refractivity contribution in [3.05, 3.63) is 0 Å². The molecule has 0 amide bonds. The van der Waals surface area contributed by atoms with E-state index in [1.807, 2.05) is 0 Å². The number of unbranched alkanes of at least 4 members (excludes halogenated alkanes) is 32. The van der Waals surface area contributed by atoms with E-state index >= 15 is 0 Å². The first-order valence-electron chi connectivity index (χ1n) is 25.3. The number of aliphatic hydroxyl groups excluding tert-OH is 3. The summed E-state index contributed by atoms with van der Waals surface area (Å²) in [5.41, 5.74) is 0. The number of carbonyl (C=O) groups is 3. The summed E-state index contributed by atoms with van der Waals surface area (Å²) in [6.45, 7) is 5.49. The minimum absolute atomic E-state index is 0.105. The first-order chi connectivity index (χ1) is 28.8. The molecule has 0 aliphatic carbocycles. The third-order valence-electron chi connectivity index (χ3n) is 11.7. The fourth-order valence-electron chi connectivity index (χ4n) is 7.73. The molecule has 9 heteroatoms. The fraction of sp³-hybridized carbons (Fsp3) is 0.940. The van der Waals surface area contributed by atoms with E-state index in [4.69, 9.17) is 14.2 Å². The summed E-state index contributed by atoms with van der Waals surface area (Å²) >= 11 is 0. The number of hydrogen-bond acceptors (Lipinski definition) is 9. The molecule has 350 valence electrons. The van der Waals surface area contributed by atoms with Gasteiger partial charge in [-0.25, -0.2) is 0 Å². The van der Waals surface area contributed by atoms with Gasteiger partial charge >= 0.3 is 17.9 Å². The van der Waals surface area contributed by atoms with E-state index < -0.39 is 55.5 Å². The summed E-state index contributed by atoms with van der Waals surface area (Å²) in [4.78, 5) is 39.0. The van der Waals surface area contributed by atoms with Crippen LogP contribution in [0.25, 0.3) is 0 Å². The van der Waals surface area contributed by atoms with E-state index in [1.165, 1.54) is 148 Å². The highest BCUT2D eigenvalue weighted by molar-refractivity contribution is 5.71. The molecule has 4 atom stereocenters. The largest absolute Gasteiger partial charge is 0.462 e. The van der Waals surface area contributed by atoms with Gasteiger partial charge in [-0.3, -0.25) is 14.4 Å². The zero-order valence-corrected chi connectivity index (χ0v) is 38.9. The Kier molecular flexibility index (Phi) is 43.1. The molecule has 0 bridgehead atoms. The van der Waals surface area contributed by atoms with Crippen LogP contribution in [-0.2, 0) is 28.6 Å². The van der Waals surface area contributed by atoms with Crippen molar-refractivity contribution >= 4 is 17.9 Å². The monoisotopic (exact) mass is 841 g/mol. The predicted octanol–water partition coefficient (Wildman–Crippen LogP) is 13.0. The van der Waals surface area contributed by atoms with Crippen molar-refractivity contribution in [2.24, 2.45) is 0 Å². The molecule has 0 saturated carbocycles. The van der Waals surface area contributed by atoms with E-state index in [2.05, 4.69) is 20.8 Å².